The summed E-state index contributed by atoms with van der Waals surface area (Å²) in [5.74, 6) is 0.782. The molecular formula is C7H15NO. The summed E-state index contributed by atoms with van der Waals surface area (Å²) in [4.78, 5) is 0. The van der Waals surface area contributed by atoms with Crippen LogP contribution < -0.4 is 5.32 Å². The molecule has 0 saturated carbocycles. The van der Waals surface area contributed by atoms with Gasteiger partial charge in [-0.3, -0.25) is 5.32 Å². The van der Waals surface area contributed by atoms with E-state index in [0.29, 0.717) is 6.04 Å². The minimum absolute atomic E-state index is 0.616. The molecule has 1 aliphatic heterocycles. The van der Waals surface area contributed by atoms with Crippen molar-refractivity contribution in [1.82, 2.24) is 5.32 Å². The van der Waals surface area contributed by atoms with Crippen LogP contribution in [0.1, 0.15) is 20.3 Å². The van der Waals surface area contributed by atoms with E-state index in [2.05, 4.69) is 19.2 Å². The van der Waals surface area contributed by atoms with Crippen LogP contribution in [0.15, 0.2) is 0 Å². The van der Waals surface area contributed by atoms with Gasteiger partial charge < -0.3 is 4.74 Å². The van der Waals surface area contributed by atoms with E-state index in [4.69, 9.17) is 4.74 Å². The van der Waals surface area contributed by atoms with E-state index in [0.717, 1.165) is 19.3 Å². The fraction of sp³-hybridized carbons (Fsp3) is 1.00. The lowest BCUT2D eigenvalue weighted by molar-refractivity contribution is 0.187. The van der Waals surface area contributed by atoms with Crippen molar-refractivity contribution in [1.29, 1.82) is 0 Å². The Morgan fingerprint density at radius 3 is 2.89 bits per heavy atom. The number of hydrogen-bond acceptors (Lipinski definition) is 2. The molecule has 0 spiro atoms. The van der Waals surface area contributed by atoms with E-state index in [9.17, 15) is 0 Å². The van der Waals surface area contributed by atoms with Gasteiger partial charge in [0.1, 0.15) is 0 Å². The van der Waals surface area contributed by atoms with Gasteiger partial charge >= 0.3 is 0 Å². The Bertz CT molecular complexity index is 77.0. The van der Waals surface area contributed by atoms with Gasteiger partial charge in [-0.15, -0.1) is 0 Å². The highest BCUT2D eigenvalue weighted by Gasteiger charge is 2.14. The molecule has 2 nitrogen and oxygen atoms in total. The molecule has 1 aliphatic rings. The second kappa shape index (κ2) is 3.18. The van der Waals surface area contributed by atoms with Gasteiger partial charge in [0.05, 0.1) is 13.3 Å². The van der Waals surface area contributed by atoms with Gasteiger partial charge in [0, 0.05) is 6.04 Å². The van der Waals surface area contributed by atoms with Crippen LogP contribution in [0.25, 0.3) is 0 Å². The fourth-order valence-corrected chi connectivity index (χ4v) is 1.16. The minimum Gasteiger partial charge on any atom is -0.365 e. The molecule has 0 amide bonds. The van der Waals surface area contributed by atoms with Gasteiger partial charge in [0.15, 0.2) is 0 Å². The molecule has 0 aromatic heterocycles. The topological polar surface area (TPSA) is 21.3 Å². The Labute approximate surface area is 56.6 Å². The first-order valence-corrected chi connectivity index (χ1v) is 3.60. The maximum atomic E-state index is 5.15. The van der Waals surface area contributed by atoms with Crippen LogP contribution in [0.3, 0.4) is 0 Å². The number of rotatable bonds is 2. The Morgan fingerprint density at radius 1 is 1.67 bits per heavy atom. The lowest BCUT2D eigenvalue weighted by atomic mass is 10.1. The summed E-state index contributed by atoms with van der Waals surface area (Å²) in [7, 11) is 0. The molecule has 0 aromatic rings. The highest BCUT2D eigenvalue weighted by atomic mass is 16.5. The van der Waals surface area contributed by atoms with Gasteiger partial charge in [0.25, 0.3) is 0 Å². The van der Waals surface area contributed by atoms with Crippen LogP contribution in [-0.2, 0) is 4.74 Å². The normalized spacial score (nSPS) is 27.7. The molecule has 1 heterocycles. The largest absolute Gasteiger partial charge is 0.365 e. The van der Waals surface area contributed by atoms with Crippen molar-refractivity contribution in [2.75, 3.05) is 13.3 Å². The number of hydrogen-bond donors (Lipinski definition) is 1. The van der Waals surface area contributed by atoms with Crippen molar-refractivity contribution in [3.05, 3.63) is 0 Å². The Morgan fingerprint density at radius 2 is 2.44 bits per heavy atom. The monoisotopic (exact) mass is 129 g/mol. The molecule has 1 N–H and O–H groups in total. The van der Waals surface area contributed by atoms with Gasteiger partial charge in [-0.05, 0) is 12.3 Å². The lowest BCUT2D eigenvalue weighted by Gasteiger charge is -2.09. The zero-order valence-electron chi connectivity index (χ0n) is 6.18. The van der Waals surface area contributed by atoms with Crippen LogP contribution in [-0.4, -0.2) is 19.4 Å². The zero-order chi connectivity index (χ0) is 6.69. The van der Waals surface area contributed by atoms with E-state index in [1.165, 1.54) is 6.42 Å². The maximum Gasteiger partial charge on any atom is 0.0968 e. The first kappa shape index (κ1) is 7.03. The molecular weight excluding hydrogens is 114 g/mol. The summed E-state index contributed by atoms with van der Waals surface area (Å²) in [6.45, 7) is 6.12. The molecule has 2 heteroatoms. The van der Waals surface area contributed by atoms with Gasteiger partial charge in [-0.2, -0.15) is 0 Å². The third kappa shape index (κ3) is 2.33. The molecule has 0 bridgehead atoms. The Kier molecular flexibility index (Phi) is 2.49. The predicted octanol–water partition coefficient (Wildman–Crippen LogP) is 0.978. The van der Waals surface area contributed by atoms with Gasteiger partial charge in [-0.1, -0.05) is 13.8 Å². The first-order chi connectivity index (χ1) is 4.29. The van der Waals surface area contributed by atoms with Crippen molar-refractivity contribution >= 4 is 0 Å². The van der Waals surface area contributed by atoms with Crippen LogP contribution in [0.4, 0.5) is 0 Å². The average Bonchev–Trinajstić information content (AvgIpc) is 2.15. The maximum absolute atomic E-state index is 5.15. The Balaban J connectivity index is 2.11. The van der Waals surface area contributed by atoms with E-state index >= 15 is 0 Å². The molecule has 0 aliphatic carbocycles. The smallest absolute Gasteiger partial charge is 0.0968 e. The van der Waals surface area contributed by atoms with Gasteiger partial charge in [-0.25, -0.2) is 0 Å². The molecule has 0 radical (unpaired) electrons. The van der Waals surface area contributed by atoms with Crippen molar-refractivity contribution in [2.45, 2.75) is 26.3 Å². The van der Waals surface area contributed by atoms with Crippen molar-refractivity contribution in [3.8, 4) is 0 Å². The summed E-state index contributed by atoms with van der Waals surface area (Å²) in [6, 6.07) is 0.616. The van der Waals surface area contributed by atoms with Crippen LogP contribution >= 0.6 is 0 Å². The SMILES string of the molecule is CC(C)C[C@@H]1COCN1. The number of ether oxygens (including phenoxy) is 1. The summed E-state index contributed by atoms with van der Waals surface area (Å²) >= 11 is 0. The summed E-state index contributed by atoms with van der Waals surface area (Å²) in [5, 5.41) is 3.27. The third-order valence-electron chi connectivity index (χ3n) is 1.55. The average molecular weight is 129 g/mol. The third-order valence-corrected chi connectivity index (χ3v) is 1.55. The van der Waals surface area contributed by atoms with E-state index < -0.39 is 0 Å². The zero-order valence-corrected chi connectivity index (χ0v) is 6.18. The molecule has 1 rings (SSSR count). The van der Waals surface area contributed by atoms with Crippen LogP contribution in [0.2, 0.25) is 0 Å². The molecule has 1 fully saturated rings. The number of nitrogens with one attached hydrogen (secondary N) is 1. The molecule has 0 unspecified atom stereocenters. The summed E-state index contributed by atoms with van der Waals surface area (Å²) in [6.07, 6.45) is 1.24. The lowest BCUT2D eigenvalue weighted by Crippen LogP contribution is -2.24. The Hall–Kier alpha value is -0.0800. The second-order valence-corrected chi connectivity index (χ2v) is 3.05. The van der Waals surface area contributed by atoms with Crippen LogP contribution in [0.5, 0.6) is 0 Å². The first-order valence-electron chi connectivity index (χ1n) is 3.60. The van der Waals surface area contributed by atoms with Crippen molar-refractivity contribution in [3.63, 3.8) is 0 Å². The van der Waals surface area contributed by atoms with E-state index in [1.807, 2.05) is 0 Å². The van der Waals surface area contributed by atoms with E-state index in [-0.39, 0.29) is 0 Å². The van der Waals surface area contributed by atoms with E-state index in [1.54, 1.807) is 0 Å². The minimum atomic E-state index is 0.616. The molecule has 1 atom stereocenters. The summed E-state index contributed by atoms with van der Waals surface area (Å²) < 4.78 is 5.15. The second-order valence-electron chi connectivity index (χ2n) is 3.05. The highest BCUT2D eigenvalue weighted by Crippen LogP contribution is 2.07. The van der Waals surface area contributed by atoms with Crippen LogP contribution in [0, 0.1) is 5.92 Å². The summed E-state index contributed by atoms with van der Waals surface area (Å²) in [5.41, 5.74) is 0. The molecule has 9 heavy (non-hydrogen) atoms. The van der Waals surface area contributed by atoms with Crippen molar-refractivity contribution < 1.29 is 4.74 Å². The van der Waals surface area contributed by atoms with Crippen molar-refractivity contribution in [2.24, 2.45) is 5.92 Å². The molecule has 54 valence electrons. The van der Waals surface area contributed by atoms with Gasteiger partial charge in [0.2, 0.25) is 0 Å². The quantitative estimate of drug-likeness (QED) is 0.600. The molecule has 1 saturated heterocycles. The molecule has 0 aromatic carbocycles. The fourth-order valence-electron chi connectivity index (χ4n) is 1.16. The standard InChI is InChI=1S/C7H15NO/c1-6(2)3-7-4-9-5-8-7/h6-8H,3-5H2,1-2H3/t7-/m1/s1. The predicted molar refractivity (Wildman–Crippen MR) is 37.2 cm³/mol. The highest BCUT2D eigenvalue weighted by molar-refractivity contribution is 4.69.